The maximum Gasteiger partial charge on any atom is 0.0326 e. The van der Waals surface area contributed by atoms with Crippen LogP contribution in [0.25, 0.3) is 0 Å². The van der Waals surface area contributed by atoms with Crippen molar-refractivity contribution in [1.29, 1.82) is 0 Å². The van der Waals surface area contributed by atoms with Crippen molar-refractivity contribution in [2.75, 3.05) is 0 Å². The van der Waals surface area contributed by atoms with Crippen LogP contribution in [0.15, 0.2) is 24.3 Å². The quantitative estimate of drug-likeness (QED) is 0.657. The molecule has 12 heavy (non-hydrogen) atoms. The zero-order valence-electron chi connectivity index (χ0n) is 7.16. The normalized spacial score (nSPS) is 26.2. The lowest BCUT2D eigenvalue weighted by atomic mass is 10.0. The van der Waals surface area contributed by atoms with E-state index in [-0.39, 0.29) is 18.4 Å². The Kier molecular flexibility index (Phi) is 2.76. The molecule has 0 bridgehead atoms. The Morgan fingerprint density at radius 3 is 2.67 bits per heavy atom. The second-order valence-corrected chi connectivity index (χ2v) is 3.41. The van der Waals surface area contributed by atoms with Gasteiger partial charge in [0.25, 0.3) is 0 Å². The minimum absolute atomic E-state index is 0. The van der Waals surface area contributed by atoms with Gasteiger partial charge in [0, 0.05) is 6.04 Å². The molecular weight excluding hydrogens is 170 g/mol. The highest BCUT2D eigenvalue weighted by Crippen LogP contribution is 2.33. The van der Waals surface area contributed by atoms with Crippen LogP contribution >= 0.6 is 12.4 Å². The molecule has 0 saturated carbocycles. The number of halogens is 1. The molecule has 0 amide bonds. The summed E-state index contributed by atoms with van der Waals surface area (Å²) in [6.45, 7) is 2.21. The average molecular weight is 184 g/mol. The molecule has 1 aliphatic carbocycles. The maximum absolute atomic E-state index is 5.99. The molecule has 2 N–H and O–H groups in total. The predicted octanol–water partition coefficient (Wildman–Crippen LogP) is 2.30. The molecule has 0 heterocycles. The summed E-state index contributed by atoms with van der Waals surface area (Å²) >= 11 is 0. The first kappa shape index (κ1) is 9.56. The van der Waals surface area contributed by atoms with Gasteiger partial charge in [0.2, 0.25) is 0 Å². The first-order valence-electron chi connectivity index (χ1n) is 4.12. The van der Waals surface area contributed by atoms with E-state index in [9.17, 15) is 0 Å². The number of hydrogen-bond acceptors (Lipinski definition) is 1. The molecule has 0 saturated heterocycles. The Labute approximate surface area is 79.4 Å². The molecule has 0 aromatic heterocycles. The summed E-state index contributed by atoms with van der Waals surface area (Å²) in [7, 11) is 0. The highest BCUT2D eigenvalue weighted by molar-refractivity contribution is 5.85. The molecule has 1 aromatic rings. The van der Waals surface area contributed by atoms with Crippen molar-refractivity contribution in [3.05, 3.63) is 35.4 Å². The van der Waals surface area contributed by atoms with Gasteiger partial charge in [0.05, 0.1) is 0 Å². The van der Waals surface area contributed by atoms with Crippen molar-refractivity contribution in [3.8, 4) is 0 Å². The zero-order valence-corrected chi connectivity index (χ0v) is 7.97. The van der Waals surface area contributed by atoms with Gasteiger partial charge in [0.15, 0.2) is 0 Å². The van der Waals surface area contributed by atoms with E-state index in [1.807, 2.05) is 0 Å². The highest BCUT2D eigenvalue weighted by Gasteiger charge is 2.24. The third kappa shape index (κ3) is 1.35. The van der Waals surface area contributed by atoms with E-state index in [0.717, 1.165) is 6.42 Å². The van der Waals surface area contributed by atoms with Crippen LogP contribution in [0.3, 0.4) is 0 Å². The monoisotopic (exact) mass is 183 g/mol. The van der Waals surface area contributed by atoms with Gasteiger partial charge in [0.1, 0.15) is 0 Å². The minimum atomic E-state index is 0. The molecule has 0 fully saturated rings. The van der Waals surface area contributed by atoms with E-state index < -0.39 is 0 Å². The van der Waals surface area contributed by atoms with Gasteiger partial charge in [-0.15, -0.1) is 12.4 Å². The SMILES string of the molecule is CC1Cc2ccccc2[C@H]1N.Cl. The molecule has 0 radical (unpaired) electrons. The summed E-state index contributed by atoms with van der Waals surface area (Å²) in [6.07, 6.45) is 1.15. The van der Waals surface area contributed by atoms with Crippen LogP contribution in [0.4, 0.5) is 0 Å². The summed E-state index contributed by atoms with van der Waals surface area (Å²) < 4.78 is 0. The molecule has 1 nitrogen and oxygen atoms in total. The Morgan fingerprint density at radius 2 is 2.00 bits per heavy atom. The fraction of sp³-hybridized carbons (Fsp3) is 0.400. The molecule has 1 aromatic carbocycles. The van der Waals surface area contributed by atoms with Crippen LogP contribution in [-0.2, 0) is 6.42 Å². The number of benzene rings is 1. The lowest BCUT2D eigenvalue weighted by Crippen LogP contribution is -2.13. The summed E-state index contributed by atoms with van der Waals surface area (Å²) in [5.74, 6) is 0.618. The molecule has 0 aliphatic heterocycles. The van der Waals surface area contributed by atoms with Crippen LogP contribution in [0, 0.1) is 5.92 Å². The van der Waals surface area contributed by atoms with Crippen LogP contribution in [0.1, 0.15) is 24.1 Å². The van der Waals surface area contributed by atoms with Gasteiger partial charge in [-0.1, -0.05) is 31.2 Å². The molecular formula is C10H14ClN. The van der Waals surface area contributed by atoms with Crippen molar-refractivity contribution < 1.29 is 0 Å². The van der Waals surface area contributed by atoms with E-state index in [0.29, 0.717) is 5.92 Å². The van der Waals surface area contributed by atoms with Gasteiger partial charge in [-0.2, -0.15) is 0 Å². The van der Waals surface area contributed by atoms with Crippen LogP contribution < -0.4 is 5.73 Å². The second-order valence-electron chi connectivity index (χ2n) is 3.41. The molecule has 2 atom stereocenters. The highest BCUT2D eigenvalue weighted by atomic mass is 35.5. The van der Waals surface area contributed by atoms with Gasteiger partial charge >= 0.3 is 0 Å². The first-order valence-corrected chi connectivity index (χ1v) is 4.12. The predicted molar refractivity (Wildman–Crippen MR) is 53.5 cm³/mol. The largest absolute Gasteiger partial charge is 0.324 e. The number of nitrogens with two attached hydrogens (primary N) is 1. The molecule has 2 rings (SSSR count). The summed E-state index contributed by atoms with van der Waals surface area (Å²) in [6, 6.07) is 8.74. The Morgan fingerprint density at radius 1 is 1.33 bits per heavy atom. The smallest absolute Gasteiger partial charge is 0.0326 e. The van der Waals surface area contributed by atoms with E-state index in [1.54, 1.807) is 0 Å². The van der Waals surface area contributed by atoms with E-state index in [2.05, 4.69) is 31.2 Å². The van der Waals surface area contributed by atoms with Crippen molar-refractivity contribution in [2.45, 2.75) is 19.4 Å². The molecule has 66 valence electrons. The van der Waals surface area contributed by atoms with Crippen molar-refractivity contribution in [2.24, 2.45) is 11.7 Å². The standard InChI is InChI=1S/C10H13N.ClH/c1-7-6-8-4-2-3-5-9(8)10(7)11;/h2-5,7,10H,6,11H2,1H3;1H/t7?,10-;/m0./s1. The first-order chi connectivity index (χ1) is 5.29. The lowest BCUT2D eigenvalue weighted by Gasteiger charge is -2.08. The van der Waals surface area contributed by atoms with Crippen molar-refractivity contribution in [3.63, 3.8) is 0 Å². The number of fused-ring (bicyclic) bond motifs is 1. The number of hydrogen-bond donors (Lipinski definition) is 1. The molecule has 0 spiro atoms. The van der Waals surface area contributed by atoms with E-state index in [4.69, 9.17) is 5.73 Å². The third-order valence-corrected chi connectivity index (χ3v) is 2.57. The van der Waals surface area contributed by atoms with Gasteiger partial charge in [-0.05, 0) is 23.5 Å². The van der Waals surface area contributed by atoms with Crippen LogP contribution in [0.5, 0.6) is 0 Å². The lowest BCUT2D eigenvalue weighted by molar-refractivity contribution is 0.513. The maximum atomic E-state index is 5.99. The Hall–Kier alpha value is -0.530. The fourth-order valence-electron chi connectivity index (χ4n) is 1.83. The van der Waals surface area contributed by atoms with E-state index in [1.165, 1.54) is 11.1 Å². The summed E-state index contributed by atoms with van der Waals surface area (Å²) in [5.41, 5.74) is 8.77. The minimum Gasteiger partial charge on any atom is -0.324 e. The Bertz CT molecular complexity index is 272. The topological polar surface area (TPSA) is 26.0 Å². The van der Waals surface area contributed by atoms with Gasteiger partial charge < -0.3 is 5.73 Å². The fourth-order valence-corrected chi connectivity index (χ4v) is 1.83. The second kappa shape index (κ2) is 3.46. The van der Waals surface area contributed by atoms with Crippen LogP contribution in [0.2, 0.25) is 0 Å². The van der Waals surface area contributed by atoms with E-state index >= 15 is 0 Å². The molecule has 2 heteroatoms. The van der Waals surface area contributed by atoms with Crippen LogP contribution in [-0.4, -0.2) is 0 Å². The van der Waals surface area contributed by atoms with Crippen molar-refractivity contribution >= 4 is 12.4 Å². The number of rotatable bonds is 0. The summed E-state index contributed by atoms with van der Waals surface area (Å²) in [5, 5.41) is 0. The average Bonchev–Trinajstić information content (AvgIpc) is 2.30. The zero-order chi connectivity index (χ0) is 7.84. The van der Waals surface area contributed by atoms with Gasteiger partial charge in [-0.3, -0.25) is 0 Å². The van der Waals surface area contributed by atoms with Gasteiger partial charge in [-0.25, -0.2) is 0 Å². The van der Waals surface area contributed by atoms with Crippen molar-refractivity contribution in [1.82, 2.24) is 0 Å². The molecule has 1 aliphatic rings. The summed E-state index contributed by atoms with van der Waals surface area (Å²) in [4.78, 5) is 0. The molecule has 1 unspecified atom stereocenters. The third-order valence-electron chi connectivity index (χ3n) is 2.57. The Balaban J connectivity index is 0.000000720.